The van der Waals surface area contributed by atoms with Crippen LogP contribution >= 0.6 is 0 Å². The van der Waals surface area contributed by atoms with E-state index in [0.717, 1.165) is 5.69 Å². The quantitative estimate of drug-likeness (QED) is 0.758. The molecule has 0 fully saturated rings. The van der Waals surface area contributed by atoms with Gasteiger partial charge in [0.25, 0.3) is 5.91 Å². The van der Waals surface area contributed by atoms with Crippen LogP contribution in [0.2, 0.25) is 0 Å². The van der Waals surface area contributed by atoms with E-state index in [-0.39, 0.29) is 18.5 Å². The molecule has 0 aromatic carbocycles. The number of carbonyl (C=O) groups is 2. The van der Waals surface area contributed by atoms with Crippen LogP contribution in [0.3, 0.4) is 0 Å². The number of methoxy groups -OCH3 is 1. The molecular weight excluding hydrogens is 232 g/mol. The second-order valence-corrected chi connectivity index (χ2v) is 4.29. The molecule has 1 aromatic rings. The predicted molar refractivity (Wildman–Crippen MR) is 67.2 cm³/mol. The van der Waals surface area contributed by atoms with Crippen LogP contribution in [0.1, 0.15) is 29.9 Å². The lowest BCUT2D eigenvalue weighted by molar-refractivity contribution is -0.141. The van der Waals surface area contributed by atoms with Crippen molar-refractivity contribution in [2.75, 3.05) is 13.7 Å². The molecule has 1 amide bonds. The van der Waals surface area contributed by atoms with E-state index >= 15 is 0 Å². The summed E-state index contributed by atoms with van der Waals surface area (Å²) in [4.78, 5) is 29.1. The van der Waals surface area contributed by atoms with Crippen molar-refractivity contribution in [3.05, 3.63) is 29.6 Å². The summed E-state index contributed by atoms with van der Waals surface area (Å²) >= 11 is 0. The van der Waals surface area contributed by atoms with Gasteiger partial charge in [-0.3, -0.25) is 14.6 Å². The standard InChI is InChI=1S/C13H18N2O3/c1-9(2)15(8-12(16)18-4)13(17)11-5-6-14-10(3)7-11/h5-7,9H,8H2,1-4H3. The van der Waals surface area contributed by atoms with Gasteiger partial charge in [-0.05, 0) is 32.9 Å². The lowest BCUT2D eigenvalue weighted by atomic mass is 10.2. The van der Waals surface area contributed by atoms with E-state index in [1.807, 2.05) is 20.8 Å². The third-order valence-corrected chi connectivity index (χ3v) is 2.55. The summed E-state index contributed by atoms with van der Waals surface area (Å²) in [6.45, 7) is 5.48. The first-order valence-corrected chi connectivity index (χ1v) is 5.76. The van der Waals surface area contributed by atoms with E-state index in [0.29, 0.717) is 5.56 Å². The monoisotopic (exact) mass is 250 g/mol. The molecule has 0 radical (unpaired) electrons. The van der Waals surface area contributed by atoms with Crippen molar-refractivity contribution in [3.63, 3.8) is 0 Å². The van der Waals surface area contributed by atoms with Gasteiger partial charge in [0, 0.05) is 23.5 Å². The van der Waals surface area contributed by atoms with E-state index in [1.165, 1.54) is 12.0 Å². The SMILES string of the molecule is COC(=O)CN(C(=O)c1ccnc(C)c1)C(C)C. The Labute approximate surface area is 107 Å². The first kappa shape index (κ1) is 14.2. The van der Waals surface area contributed by atoms with Crippen molar-refractivity contribution in [1.82, 2.24) is 9.88 Å². The fourth-order valence-electron chi connectivity index (χ4n) is 1.54. The van der Waals surface area contributed by atoms with Crippen molar-refractivity contribution in [3.8, 4) is 0 Å². The summed E-state index contributed by atoms with van der Waals surface area (Å²) < 4.78 is 4.60. The highest BCUT2D eigenvalue weighted by Crippen LogP contribution is 2.09. The third-order valence-electron chi connectivity index (χ3n) is 2.55. The number of pyridine rings is 1. The van der Waals surface area contributed by atoms with Gasteiger partial charge in [-0.25, -0.2) is 0 Å². The molecule has 0 unspecified atom stereocenters. The van der Waals surface area contributed by atoms with Crippen LogP contribution in [-0.2, 0) is 9.53 Å². The van der Waals surface area contributed by atoms with Gasteiger partial charge in [-0.1, -0.05) is 0 Å². The van der Waals surface area contributed by atoms with Crippen molar-refractivity contribution in [2.24, 2.45) is 0 Å². The number of amides is 1. The van der Waals surface area contributed by atoms with Crippen LogP contribution in [0.15, 0.2) is 18.3 Å². The molecule has 1 heterocycles. The molecule has 1 aromatic heterocycles. The van der Waals surface area contributed by atoms with Gasteiger partial charge in [-0.15, -0.1) is 0 Å². The molecule has 1 rings (SSSR count). The maximum atomic E-state index is 12.3. The Kier molecular flexibility index (Phi) is 4.83. The van der Waals surface area contributed by atoms with Crippen LogP contribution in [-0.4, -0.2) is 41.5 Å². The van der Waals surface area contributed by atoms with E-state index in [2.05, 4.69) is 9.72 Å². The zero-order chi connectivity index (χ0) is 13.7. The minimum absolute atomic E-state index is 0.0473. The Hall–Kier alpha value is -1.91. The van der Waals surface area contributed by atoms with Crippen LogP contribution in [0, 0.1) is 6.92 Å². The minimum Gasteiger partial charge on any atom is -0.468 e. The maximum Gasteiger partial charge on any atom is 0.325 e. The van der Waals surface area contributed by atoms with Gasteiger partial charge in [-0.2, -0.15) is 0 Å². The van der Waals surface area contributed by atoms with E-state index in [1.54, 1.807) is 18.3 Å². The van der Waals surface area contributed by atoms with Gasteiger partial charge in [0.15, 0.2) is 0 Å². The van der Waals surface area contributed by atoms with Gasteiger partial charge in [0.1, 0.15) is 6.54 Å². The minimum atomic E-state index is -0.428. The zero-order valence-corrected chi connectivity index (χ0v) is 11.1. The molecular formula is C13H18N2O3. The summed E-state index contributed by atoms with van der Waals surface area (Å²) in [5.41, 5.74) is 1.29. The van der Waals surface area contributed by atoms with Crippen molar-refractivity contribution < 1.29 is 14.3 Å². The molecule has 0 saturated carbocycles. The fourth-order valence-corrected chi connectivity index (χ4v) is 1.54. The smallest absolute Gasteiger partial charge is 0.325 e. The highest BCUT2D eigenvalue weighted by molar-refractivity contribution is 5.96. The molecule has 98 valence electrons. The van der Waals surface area contributed by atoms with Crippen molar-refractivity contribution >= 4 is 11.9 Å². The Morgan fingerprint density at radius 3 is 2.61 bits per heavy atom. The fraction of sp³-hybridized carbons (Fsp3) is 0.462. The molecule has 0 aliphatic rings. The third kappa shape index (κ3) is 3.55. The number of nitrogens with zero attached hydrogens (tertiary/aromatic N) is 2. The molecule has 18 heavy (non-hydrogen) atoms. The zero-order valence-electron chi connectivity index (χ0n) is 11.1. The normalized spacial score (nSPS) is 10.3. The van der Waals surface area contributed by atoms with Crippen LogP contribution in [0.4, 0.5) is 0 Å². The number of aryl methyl sites for hydroxylation is 1. The van der Waals surface area contributed by atoms with E-state index < -0.39 is 5.97 Å². The Bertz CT molecular complexity index is 444. The van der Waals surface area contributed by atoms with Gasteiger partial charge in [0.2, 0.25) is 0 Å². The molecule has 0 N–H and O–H groups in total. The highest BCUT2D eigenvalue weighted by Gasteiger charge is 2.21. The lowest BCUT2D eigenvalue weighted by Gasteiger charge is -2.25. The lowest BCUT2D eigenvalue weighted by Crippen LogP contribution is -2.41. The molecule has 0 aliphatic carbocycles. The molecule has 0 spiro atoms. The van der Waals surface area contributed by atoms with Crippen LogP contribution < -0.4 is 0 Å². The largest absolute Gasteiger partial charge is 0.468 e. The molecule has 0 saturated heterocycles. The molecule has 5 heteroatoms. The second-order valence-electron chi connectivity index (χ2n) is 4.29. The van der Waals surface area contributed by atoms with Crippen LogP contribution in [0.5, 0.6) is 0 Å². The maximum absolute atomic E-state index is 12.3. The molecule has 0 atom stereocenters. The average Bonchev–Trinajstić information content (AvgIpc) is 2.34. The summed E-state index contributed by atoms with van der Waals surface area (Å²) in [7, 11) is 1.31. The van der Waals surface area contributed by atoms with Crippen molar-refractivity contribution in [2.45, 2.75) is 26.8 Å². The molecule has 0 aliphatic heterocycles. The number of carbonyl (C=O) groups excluding carboxylic acids is 2. The highest BCUT2D eigenvalue weighted by atomic mass is 16.5. The molecule has 5 nitrogen and oxygen atoms in total. The Balaban J connectivity index is 2.93. The number of hydrogen-bond acceptors (Lipinski definition) is 4. The summed E-state index contributed by atoms with van der Waals surface area (Å²) in [6.07, 6.45) is 1.58. The van der Waals surface area contributed by atoms with Gasteiger partial charge >= 0.3 is 5.97 Å². The Morgan fingerprint density at radius 1 is 1.44 bits per heavy atom. The van der Waals surface area contributed by atoms with Gasteiger partial charge < -0.3 is 9.64 Å². The summed E-state index contributed by atoms with van der Waals surface area (Å²) in [6, 6.07) is 3.27. The number of aromatic nitrogens is 1. The van der Waals surface area contributed by atoms with Crippen LogP contribution in [0.25, 0.3) is 0 Å². The van der Waals surface area contributed by atoms with E-state index in [4.69, 9.17) is 0 Å². The number of ether oxygens (including phenoxy) is 1. The van der Waals surface area contributed by atoms with E-state index in [9.17, 15) is 9.59 Å². The second kappa shape index (κ2) is 6.14. The Morgan fingerprint density at radius 2 is 2.11 bits per heavy atom. The number of rotatable bonds is 4. The average molecular weight is 250 g/mol. The first-order valence-electron chi connectivity index (χ1n) is 5.76. The van der Waals surface area contributed by atoms with Gasteiger partial charge in [0.05, 0.1) is 7.11 Å². The number of hydrogen-bond donors (Lipinski definition) is 0. The molecule has 0 bridgehead atoms. The predicted octanol–water partition coefficient (Wildman–Crippen LogP) is 1.41. The summed E-state index contributed by atoms with van der Waals surface area (Å²) in [5.74, 6) is -0.622. The van der Waals surface area contributed by atoms with Crippen molar-refractivity contribution in [1.29, 1.82) is 0 Å². The summed E-state index contributed by atoms with van der Waals surface area (Å²) in [5, 5.41) is 0. The topological polar surface area (TPSA) is 59.5 Å². The number of esters is 1. The first-order chi connectivity index (χ1) is 8.45.